The summed E-state index contributed by atoms with van der Waals surface area (Å²) in [5.74, 6) is -0.0790. The molecule has 0 N–H and O–H groups in total. The highest BCUT2D eigenvalue weighted by Gasteiger charge is 2.20. The molecule has 0 fully saturated rings. The molecule has 98 valence electrons. The van der Waals surface area contributed by atoms with E-state index in [0.29, 0.717) is 17.3 Å². The van der Waals surface area contributed by atoms with Crippen molar-refractivity contribution in [3.05, 3.63) is 41.2 Å². The second kappa shape index (κ2) is 5.53. The first-order valence-corrected chi connectivity index (χ1v) is 6.18. The summed E-state index contributed by atoms with van der Waals surface area (Å²) in [6, 6.07) is 3.40. The molecule has 0 unspecified atom stereocenters. The van der Waals surface area contributed by atoms with Crippen molar-refractivity contribution in [3.8, 4) is 0 Å². The Morgan fingerprint density at radius 3 is 2.61 bits per heavy atom. The maximum absolute atomic E-state index is 12.2. The number of pyridine rings is 1. The van der Waals surface area contributed by atoms with Crippen molar-refractivity contribution in [2.45, 2.75) is 26.2 Å². The monoisotopic (exact) mass is 266 g/mol. The number of hydrogen-bond acceptors (Lipinski definition) is 2. The van der Waals surface area contributed by atoms with Crippen LogP contribution in [-0.4, -0.2) is 29.4 Å². The summed E-state index contributed by atoms with van der Waals surface area (Å²) in [6.45, 7) is 10.2. The fourth-order valence-electron chi connectivity index (χ4n) is 1.50. The van der Waals surface area contributed by atoms with Crippen molar-refractivity contribution in [1.29, 1.82) is 0 Å². The fraction of sp³-hybridized carbons (Fsp3) is 0.429. The third kappa shape index (κ3) is 3.57. The summed E-state index contributed by atoms with van der Waals surface area (Å²) in [6.07, 6.45) is 1.69. The van der Waals surface area contributed by atoms with E-state index in [-0.39, 0.29) is 11.3 Å². The van der Waals surface area contributed by atoms with Gasteiger partial charge in [-0.25, -0.2) is 4.98 Å². The first kappa shape index (κ1) is 14.7. The molecular formula is C14H19ClN2O. The average molecular weight is 267 g/mol. The number of likely N-dealkylation sites (N-methyl/N-ethyl adjacent to an activating group) is 1. The number of halogens is 1. The molecule has 0 radical (unpaired) electrons. The van der Waals surface area contributed by atoms with Crippen LogP contribution in [0.1, 0.15) is 36.8 Å². The van der Waals surface area contributed by atoms with Crippen LogP contribution in [-0.2, 0) is 5.41 Å². The molecule has 0 atom stereocenters. The maximum Gasteiger partial charge on any atom is 0.254 e. The summed E-state index contributed by atoms with van der Waals surface area (Å²) < 4.78 is 0. The third-order valence-electron chi connectivity index (χ3n) is 2.56. The Kier molecular flexibility index (Phi) is 4.52. The summed E-state index contributed by atoms with van der Waals surface area (Å²) in [5.41, 5.74) is 1.23. The van der Waals surface area contributed by atoms with E-state index >= 15 is 0 Å². The standard InChI is InChI=1S/C14H19ClN2O/c1-6-7-17(5)13(18)10-8-11(14(2,3)4)16-12(15)9-10/h6,8-9H,1,7H2,2-5H3. The van der Waals surface area contributed by atoms with E-state index in [1.165, 1.54) is 0 Å². The van der Waals surface area contributed by atoms with E-state index in [1.54, 1.807) is 30.2 Å². The highest BCUT2D eigenvalue weighted by atomic mass is 35.5. The van der Waals surface area contributed by atoms with Gasteiger partial charge in [-0.3, -0.25) is 4.79 Å². The zero-order valence-electron chi connectivity index (χ0n) is 11.3. The van der Waals surface area contributed by atoms with Crippen molar-refractivity contribution < 1.29 is 4.79 Å². The number of rotatable bonds is 3. The largest absolute Gasteiger partial charge is 0.338 e. The molecule has 3 nitrogen and oxygen atoms in total. The molecule has 4 heteroatoms. The van der Waals surface area contributed by atoms with E-state index < -0.39 is 0 Å². The number of carbonyl (C=O) groups excluding carboxylic acids is 1. The summed E-state index contributed by atoms with van der Waals surface area (Å²) in [4.78, 5) is 18.0. The predicted octanol–water partition coefficient (Wildman–Crippen LogP) is 3.29. The van der Waals surface area contributed by atoms with Crippen LogP contribution in [0, 0.1) is 0 Å². The summed E-state index contributed by atoms with van der Waals surface area (Å²) in [5, 5.41) is 0.345. The van der Waals surface area contributed by atoms with E-state index in [0.717, 1.165) is 5.69 Å². The number of nitrogens with zero attached hydrogens (tertiary/aromatic N) is 2. The van der Waals surface area contributed by atoms with Crippen LogP contribution < -0.4 is 0 Å². The molecule has 0 saturated carbocycles. The molecule has 0 aliphatic heterocycles. The highest BCUT2D eigenvalue weighted by molar-refractivity contribution is 6.29. The summed E-state index contributed by atoms with van der Waals surface area (Å²) >= 11 is 5.98. The number of aromatic nitrogens is 1. The Labute approximate surface area is 113 Å². The predicted molar refractivity (Wildman–Crippen MR) is 75.1 cm³/mol. The lowest BCUT2D eigenvalue weighted by Gasteiger charge is -2.20. The molecule has 1 amide bonds. The number of carbonyl (C=O) groups is 1. The highest BCUT2D eigenvalue weighted by Crippen LogP contribution is 2.23. The molecule has 1 aromatic heterocycles. The van der Waals surface area contributed by atoms with Gasteiger partial charge in [-0.05, 0) is 12.1 Å². The van der Waals surface area contributed by atoms with Gasteiger partial charge in [0, 0.05) is 30.3 Å². The van der Waals surface area contributed by atoms with Crippen LogP contribution in [0.5, 0.6) is 0 Å². The van der Waals surface area contributed by atoms with Crippen LogP contribution >= 0.6 is 11.6 Å². The van der Waals surface area contributed by atoms with Gasteiger partial charge >= 0.3 is 0 Å². The van der Waals surface area contributed by atoms with E-state index in [1.807, 2.05) is 20.8 Å². The molecule has 0 aliphatic rings. The quantitative estimate of drug-likeness (QED) is 0.621. The van der Waals surface area contributed by atoms with Gasteiger partial charge < -0.3 is 4.90 Å². The van der Waals surface area contributed by atoms with Crippen LogP contribution in [0.15, 0.2) is 24.8 Å². The normalized spacial score (nSPS) is 11.2. The summed E-state index contributed by atoms with van der Waals surface area (Å²) in [7, 11) is 1.73. The number of amides is 1. The molecule has 0 aromatic carbocycles. The van der Waals surface area contributed by atoms with Crippen LogP contribution in [0.25, 0.3) is 0 Å². The van der Waals surface area contributed by atoms with Gasteiger partial charge in [-0.15, -0.1) is 6.58 Å². The fourth-order valence-corrected chi connectivity index (χ4v) is 1.71. The molecule has 0 saturated heterocycles. The molecule has 0 bridgehead atoms. The Morgan fingerprint density at radius 2 is 2.11 bits per heavy atom. The molecule has 0 aliphatic carbocycles. The van der Waals surface area contributed by atoms with Crippen molar-refractivity contribution in [1.82, 2.24) is 9.88 Å². The van der Waals surface area contributed by atoms with Crippen molar-refractivity contribution in [2.75, 3.05) is 13.6 Å². The second-order valence-electron chi connectivity index (χ2n) is 5.29. The zero-order valence-corrected chi connectivity index (χ0v) is 12.1. The minimum Gasteiger partial charge on any atom is -0.338 e. The zero-order chi connectivity index (χ0) is 13.9. The second-order valence-corrected chi connectivity index (χ2v) is 5.68. The van der Waals surface area contributed by atoms with Crippen LogP contribution in [0.2, 0.25) is 5.15 Å². The Balaban J connectivity index is 3.14. The van der Waals surface area contributed by atoms with E-state index in [2.05, 4.69) is 11.6 Å². The van der Waals surface area contributed by atoms with Gasteiger partial charge in [0.05, 0.1) is 0 Å². The third-order valence-corrected chi connectivity index (χ3v) is 2.75. The lowest BCUT2D eigenvalue weighted by atomic mass is 9.91. The van der Waals surface area contributed by atoms with Crippen LogP contribution in [0.3, 0.4) is 0 Å². The van der Waals surface area contributed by atoms with E-state index in [4.69, 9.17) is 11.6 Å². The van der Waals surface area contributed by atoms with Gasteiger partial charge in [0.1, 0.15) is 5.15 Å². The molecule has 1 rings (SSSR count). The number of hydrogen-bond donors (Lipinski definition) is 0. The smallest absolute Gasteiger partial charge is 0.254 e. The maximum atomic E-state index is 12.2. The SMILES string of the molecule is C=CCN(C)C(=O)c1cc(Cl)nc(C(C)(C)C)c1. The van der Waals surface area contributed by atoms with Gasteiger partial charge in [0.25, 0.3) is 5.91 Å². The Hall–Kier alpha value is -1.35. The lowest BCUT2D eigenvalue weighted by Crippen LogP contribution is -2.27. The molecule has 0 spiro atoms. The van der Waals surface area contributed by atoms with Gasteiger partial charge in [-0.1, -0.05) is 38.4 Å². The Bertz CT molecular complexity index is 463. The molecule has 1 heterocycles. The van der Waals surface area contributed by atoms with Crippen molar-refractivity contribution in [3.63, 3.8) is 0 Å². The minimum absolute atomic E-state index is 0.0790. The first-order valence-electron chi connectivity index (χ1n) is 5.80. The Morgan fingerprint density at radius 1 is 1.50 bits per heavy atom. The lowest BCUT2D eigenvalue weighted by molar-refractivity contribution is 0.0810. The first-order chi connectivity index (χ1) is 8.25. The van der Waals surface area contributed by atoms with Crippen molar-refractivity contribution >= 4 is 17.5 Å². The van der Waals surface area contributed by atoms with Gasteiger partial charge in [-0.2, -0.15) is 0 Å². The van der Waals surface area contributed by atoms with Crippen LogP contribution in [0.4, 0.5) is 0 Å². The van der Waals surface area contributed by atoms with Crippen molar-refractivity contribution in [2.24, 2.45) is 0 Å². The molecule has 18 heavy (non-hydrogen) atoms. The molecule has 1 aromatic rings. The van der Waals surface area contributed by atoms with Gasteiger partial charge in [0.2, 0.25) is 0 Å². The molecular weight excluding hydrogens is 248 g/mol. The topological polar surface area (TPSA) is 33.2 Å². The van der Waals surface area contributed by atoms with Gasteiger partial charge in [0.15, 0.2) is 0 Å². The minimum atomic E-state index is -0.142. The van der Waals surface area contributed by atoms with E-state index in [9.17, 15) is 4.79 Å². The average Bonchev–Trinajstić information content (AvgIpc) is 2.26.